The zero-order chi connectivity index (χ0) is 39.7. The van der Waals surface area contributed by atoms with Crippen LogP contribution in [0.2, 0.25) is 0 Å². The van der Waals surface area contributed by atoms with Gasteiger partial charge in [0.1, 0.15) is 85.6 Å². The van der Waals surface area contributed by atoms with Gasteiger partial charge in [0.15, 0.2) is 12.6 Å². The van der Waals surface area contributed by atoms with Gasteiger partial charge in [0.25, 0.3) is 0 Å². The van der Waals surface area contributed by atoms with Gasteiger partial charge in [0.05, 0.1) is 38.0 Å². The van der Waals surface area contributed by atoms with E-state index in [1.54, 1.807) is 0 Å². The summed E-state index contributed by atoms with van der Waals surface area (Å²) >= 11 is 0. The molecule has 0 aromatic heterocycles. The molecular weight excluding hydrogens is 734 g/mol. The minimum absolute atomic E-state index is 0.0317. The molecule has 1 aromatic carbocycles. The van der Waals surface area contributed by atoms with Gasteiger partial charge < -0.3 is 95.2 Å². The highest BCUT2D eigenvalue weighted by Gasteiger charge is 2.54. The van der Waals surface area contributed by atoms with E-state index in [-0.39, 0.29) is 5.57 Å². The number of nitrogens with one attached hydrogen (secondary N) is 1. The second-order valence-electron chi connectivity index (χ2n) is 14.7. The molecule has 0 spiro atoms. The molecule has 4 saturated heterocycles. The minimum Gasteiger partial charge on any atom is -0.394 e. The third-order valence-electron chi connectivity index (χ3n) is 11.3. The molecule has 312 valence electrons. The van der Waals surface area contributed by atoms with Crippen LogP contribution in [0.5, 0.6) is 0 Å². The highest BCUT2D eigenvalue weighted by Crippen LogP contribution is 2.34. The zero-order valence-corrected chi connectivity index (χ0v) is 30.2. The molecule has 55 heavy (non-hydrogen) atoms. The zero-order valence-electron chi connectivity index (χ0n) is 30.2. The van der Waals surface area contributed by atoms with Crippen LogP contribution in [-0.4, -0.2) is 229 Å². The monoisotopic (exact) mass is 789 g/mol. The van der Waals surface area contributed by atoms with Crippen molar-refractivity contribution in [3.8, 4) is 0 Å². The molecule has 6 rings (SSSR count). The van der Waals surface area contributed by atoms with Gasteiger partial charge in [-0.1, -0.05) is 24.3 Å². The summed E-state index contributed by atoms with van der Waals surface area (Å²) < 4.78 is 29.2. The largest absolute Gasteiger partial charge is 0.394 e. The van der Waals surface area contributed by atoms with Crippen molar-refractivity contribution in [1.29, 1.82) is 0 Å². The standard InChI is InChI=1S/C35H55N3O17/c1-15-21(36-18-11-16(12-39)22(42)25(45)23(18)43)24(44)29(49)34(51-15)54-32-20(14-41)53-35(30(50)27(32)47)55-31-19(13-40)52-33(28(48)26(31)46)38-9-7-37(8-10-38)17-5-3-2-4-6-17/h2-6,11,15,18-36,39-50H,7-10,12-14H2,1H3. The van der Waals surface area contributed by atoms with Crippen LogP contribution in [0, 0.1) is 0 Å². The maximum Gasteiger partial charge on any atom is 0.187 e. The number of aliphatic hydroxyl groups excluding tert-OH is 12. The van der Waals surface area contributed by atoms with Gasteiger partial charge in [0, 0.05) is 31.9 Å². The smallest absolute Gasteiger partial charge is 0.187 e. The number of nitrogens with zero attached hydrogens (tertiary/aromatic N) is 2. The maximum absolute atomic E-state index is 11.2. The molecule has 19 atom stereocenters. The molecule has 0 bridgehead atoms. The third-order valence-corrected chi connectivity index (χ3v) is 11.3. The Hall–Kier alpha value is -2.00. The van der Waals surface area contributed by atoms with Gasteiger partial charge in [0.2, 0.25) is 0 Å². The number of hydrogen-bond acceptors (Lipinski definition) is 20. The van der Waals surface area contributed by atoms with E-state index >= 15 is 0 Å². The Morgan fingerprint density at radius 2 is 1.22 bits per heavy atom. The van der Waals surface area contributed by atoms with Crippen LogP contribution in [0.25, 0.3) is 0 Å². The molecule has 4 aliphatic heterocycles. The molecule has 5 aliphatic rings. The lowest BCUT2D eigenvalue weighted by Crippen LogP contribution is -2.69. The quantitative estimate of drug-likeness (QED) is 0.0927. The number of anilines is 1. The first kappa shape index (κ1) is 42.6. The van der Waals surface area contributed by atoms with Crippen molar-refractivity contribution in [3.05, 3.63) is 42.0 Å². The highest BCUT2D eigenvalue weighted by molar-refractivity contribution is 5.46. The van der Waals surface area contributed by atoms with Crippen LogP contribution in [0.15, 0.2) is 42.0 Å². The lowest BCUT2D eigenvalue weighted by molar-refractivity contribution is -0.371. The van der Waals surface area contributed by atoms with Crippen molar-refractivity contribution in [2.45, 2.75) is 123 Å². The van der Waals surface area contributed by atoms with Crippen molar-refractivity contribution in [2.24, 2.45) is 0 Å². The number of para-hydroxylation sites is 1. The van der Waals surface area contributed by atoms with E-state index in [2.05, 4.69) is 10.2 Å². The molecule has 1 aromatic rings. The van der Waals surface area contributed by atoms with Crippen LogP contribution < -0.4 is 10.2 Å². The highest BCUT2D eigenvalue weighted by atomic mass is 16.7. The predicted octanol–water partition coefficient (Wildman–Crippen LogP) is -6.73. The Balaban J connectivity index is 1.06. The van der Waals surface area contributed by atoms with E-state index in [0.717, 1.165) is 5.69 Å². The predicted molar refractivity (Wildman–Crippen MR) is 186 cm³/mol. The van der Waals surface area contributed by atoms with Gasteiger partial charge in [-0.3, -0.25) is 4.90 Å². The molecule has 0 amide bonds. The Kier molecular flexibility index (Phi) is 14.2. The number of rotatable bonds is 11. The van der Waals surface area contributed by atoms with E-state index in [0.29, 0.717) is 26.2 Å². The first-order chi connectivity index (χ1) is 26.3. The summed E-state index contributed by atoms with van der Waals surface area (Å²) in [4.78, 5) is 4.02. The number of ether oxygens (including phenoxy) is 5. The molecular formula is C35H55N3O17. The molecule has 19 unspecified atom stereocenters. The number of hydrogen-bond donors (Lipinski definition) is 13. The summed E-state index contributed by atoms with van der Waals surface area (Å²) in [5, 5.41) is 130. The topological polar surface area (TPSA) is 307 Å². The van der Waals surface area contributed by atoms with Gasteiger partial charge >= 0.3 is 0 Å². The first-order valence-electron chi connectivity index (χ1n) is 18.5. The fourth-order valence-corrected chi connectivity index (χ4v) is 7.99. The summed E-state index contributed by atoms with van der Waals surface area (Å²) in [6.45, 7) is 1.63. The molecule has 0 saturated carbocycles. The maximum atomic E-state index is 11.2. The third kappa shape index (κ3) is 8.73. The van der Waals surface area contributed by atoms with E-state index in [4.69, 9.17) is 23.7 Å². The minimum atomic E-state index is -1.90. The Labute approximate surface area is 316 Å². The lowest BCUT2D eigenvalue weighted by Gasteiger charge is -2.50. The van der Waals surface area contributed by atoms with Gasteiger partial charge in [-0.25, -0.2) is 0 Å². The summed E-state index contributed by atoms with van der Waals surface area (Å²) in [5.41, 5.74) is 1.08. The van der Waals surface area contributed by atoms with E-state index in [1.807, 2.05) is 35.2 Å². The molecule has 4 heterocycles. The molecule has 20 heteroatoms. The normalized spacial score (nSPS) is 46.0. The number of aliphatic hydroxyl groups is 12. The van der Waals surface area contributed by atoms with Crippen LogP contribution in [-0.2, 0) is 23.7 Å². The molecule has 0 radical (unpaired) electrons. The van der Waals surface area contributed by atoms with Crippen molar-refractivity contribution >= 4 is 5.69 Å². The van der Waals surface area contributed by atoms with Gasteiger partial charge in [-0.15, -0.1) is 0 Å². The van der Waals surface area contributed by atoms with Crippen LogP contribution >= 0.6 is 0 Å². The molecule has 1 aliphatic carbocycles. The van der Waals surface area contributed by atoms with Crippen LogP contribution in [0.3, 0.4) is 0 Å². The van der Waals surface area contributed by atoms with Gasteiger partial charge in [-0.05, 0) is 24.6 Å². The molecule has 20 nitrogen and oxygen atoms in total. The SMILES string of the molecule is CC1OC(OC2C(CO)OC(OC3C(CO)OC(N4CCN(c5ccccc5)CC4)C(O)C3O)C(O)C2O)C(O)C(O)C1NC1C=C(CO)C(O)C(O)C1O. The second-order valence-corrected chi connectivity index (χ2v) is 14.7. The number of benzene rings is 1. The Morgan fingerprint density at radius 3 is 1.82 bits per heavy atom. The van der Waals surface area contributed by atoms with Crippen molar-refractivity contribution in [1.82, 2.24) is 10.2 Å². The van der Waals surface area contributed by atoms with E-state index < -0.39 is 136 Å². The van der Waals surface area contributed by atoms with Crippen molar-refractivity contribution < 1.29 is 85.0 Å². The van der Waals surface area contributed by atoms with Crippen molar-refractivity contribution in [2.75, 3.05) is 50.9 Å². The summed E-state index contributed by atoms with van der Waals surface area (Å²) in [5.74, 6) is 0. The Bertz CT molecular complexity index is 1390. The summed E-state index contributed by atoms with van der Waals surface area (Å²) in [6, 6.07) is 7.64. The molecule has 4 fully saturated rings. The van der Waals surface area contributed by atoms with Crippen molar-refractivity contribution in [3.63, 3.8) is 0 Å². The van der Waals surface area contributed by atoms with E-state index in [9.17, 15) is 61.3 Å². The fraction of sp³-hybridized carbons (Fsp3) is 0.771. The Morgan fingerprint density at radius 1 is 0.655 bits per heavy atom. The average molecular weight is 790 g/mol. The van der Waals surface area contributed by atoms with Gasteiger partial charge in [-0.2, -0.15) is 0 Å². The van der Waals surface area contributed by atoms with Crippen LogP contribution in [0.4, 0.5) is 5.69 Å². The lowest BCUT2D eigenvalue weighted by atomic mass is 9.86. The second kappa shape index (κ2) is 18.3. The van der Waals surface area contributed by atoms with E-state index in [1.165, 1.54) is 13.0 Å². The fourth-order valence-electron chi connectivity index (χ4n) is 7.99. The number of piperazine rings is 1. The molecule has 13 N–H and O–H groups in total. The summed E-state index contributed by atoms with van der Waals surface area (Å²) in [6.07, 6.45) is -24.8. The summed E-state index contributed by atoms with van der Waals surface area (Å²) in [7, 11) is 0. The first-order valence-corrected chi connectivity index (χ1v) is 18.5. The van der Waals surface area contributed by atoms with Crippen LogP contribution in [0.1, 0.15) is 6.92 Å². The average Bonchev–Trinajstić information content (AvgIpc) is 3.20.